The molecule has 1 amide bonds. The average molecular weight is 382 g/mol. The van der Waals surface area contributed by atoms with Crippen LogP contribution in [0.1, 0.15) is 40.4 Å². The number of aromatic carboxylic acids is 1. The smallest absolute Gasteiger partial charge is 0.335 e. The number of methoxy groups -OCH3 is 1. The van der Waals surface area contributed by atoms with E-state index >= 15 is 0 Å². The van der Waals surface area contributed by atoms with Crippen LogP contribution in [0.4, 0.5) is 0 Å². The molecule has 1 aliphatic rings. The molecule has 2 aromatic carbocycles. The van der Waals surface area contributed by atoms with Crippen molar-refractivity contribution < 1.29 is 19.4 Å². The highest BCUT2D eigenvalue weighted by Crippen LogP contribution is 2.24. The fourth-order valence-corrected chi connectivity index (χ4v) is 3.49. The van der Waals surface area contributed by atoms with Crippen LogP contribution in [0, 0.1) is 0 Å². The second-order valence-electron chi connectivity index (χ2n) is 7.10. The molecule has 3 rings (SSSR count). The monoisotopic (exact) mass is 382 g/mol. The first-order valence-electron chi connectivity index (χ1n) is 9.47. The first-order chi connectivity index (χ1) is 13.5. The summed E-state index contributed by atoms with van der Waals surface area (Å²) in [4.78, 5) is 25.8. The van der Waals surface area contributed by atoms with Crippen LogP contribution in [0.3, 0.4) is 0 Å². The van der Waals surface area contributed by atoms with Gasteiger partial charge in [0.15, 0.2) is 0 Å². The number of carbonyl (C=O) groups is 2. The highest BCUT2D eigenvalue weighted by Gasteiger charge is 2.24. The minimum Gasteiger partial charge on any atom is -0.497 e. The van der Waals surface area contributed by atoms with Crippen molar-refractivity contribution in [3.63, 3.8) is 0 Å². The molecule has 1 heterocycles. The van der Waals surface area contributed by atoms with E-state index in [4.69, 9.17) is 9.84 Å². The zero-order valence-corrected chi connectivity index (χ0v) is 16.3. The molecule has 6 nitrogen and oxygen atoms in total. The molecule has 1 unspecified atom stereocenters. The lowest BCUT2D eigenvalue weighted by Gasteiger charge is -2.27. The molecule has 0 aromatic heterocycles. The quantitative estimate of drug-likeness (QED) is 0.803. The Kier molecular flexibility index (Phi) is 6.31. The van der Waals surface area contributed by atoms with Gasteiger partial charge >= 0.3 is 5.97 Å². The third-order valence-corrected chi connectivity index (χ3v) is 5.27. The summed E-state index contributed by atoms with van der Waals surface area (Å²) in [6.45, 7) is 3.90. The van der Waals surface area contributed by atoms with E-state index in [0.717, 1.165) is 37.2 Å². The number of nitrogens with one attached hydrogen (secondary N) is 1. The predicted octanol–water partition coefficient (Wildman–Crippen LogP) is 2.85. The van der Waals surface area contributed by atoms with Gasteiger partial charge in [-0.3, -0.25) is 9.69 Å². The SMILES string of the molecule is COc1ccc2c(c1)CCCN(C(C)C(=O)NCc1ccc(C(=O)O)cc1)C2. The van der Waals surface area contributed by atoms with Crippen molar-refractivity contribution in [1.82, 2.24) is 10.2 Å². The minimum atomic E-state index is -0.955. The Bertz CT molecular complexity index is 848. The Morgan fingerprint density at radius 3 is 2.61 bits per heavy atom. The zero-order chi connectivity index (χ0) is 20.1. The Balaban J connectivity index is 1.60. The summed E-state index contributed by atoms with van der Waals surface area (Å²) in [5.74, 6) is -0.116. The third kappa shape index (κ3) is 4.70. The number of benzene rings is 2. The van der Waals surface area contributed by atoms with Gasteiger partial charge in [-0.05, 0) is 67.3 Å². The zero-order valence-electron chi connectivity index (χ0n) is 16.3. The van der Waals surface area contributed by atoms with E-state index in [2.05, 4.69) is 22.3 Å². The van der Waals surface area contributed by atoms with E-state index in [-0.39, 0.29) is 17.5 Å². The molecule has 0 saturated heterocycles. The number of rotatable bonds is 6. The van der Waals surface area contributed by atoms with E-state index in [1.165, 1.54) is 11.1 Å². The van der Waals surface area contributed by atoms with Crippen LogP contribution in [-0.4, -0.2) is 41.6 Å². The largest absolute Gasteiger partial charge is 0.497 e. The molecule has 28 heavy (non-hydrogen) atoms. The number of aryl methyl sites for hydroxylation is 1. The van der Waals surface area contributed by atoms with Crippen molar-refractivity contribution in [1.29, 1.82) is 0 Å². The van der Waals surface area contributed by atoms with Crippen molar-refractivity contribution in [2.45, 2.75) is 38.9 Å². The molecule has 1 atom stereocenters. The van der Waals surface area contributed by atoms with Gasteiger partial charge in [-0.1, -0.05) is 18.2 Å². The molecule has 0 aliphatic carbocycles. The number of carboxylic acid groups (broad SMARTS) is 1. The van der Waals surface area contributed by atoms with Gasteiger partial charge in [0, 0.05) is 13.1 Å². The second-order valence-corrected chi connectivity index (χ2v) is 7.10. The lowest BCUT2D eigenvalue weighted by molar-refractivity contribution is -0.126. The number of carbonyl (C=O) groups excluding carboxylic acids is 1. The third-order valence-electron chi connectivity index (χ3n) is 5.27. The van der Waals surface area contributed by atoms with Crippen LogP contribution in [0.5, 0.6) is 5.75 Å². The molecule has 148 valence electrons. The Morgan fingerprint density at radius 1 is 1.18 bits per heavy atom. The number of fused-ring (bicyclic) bond motifs is 1. The first kappa shape index (κ1) is 19.9. The standard InChI is InChI=1S/C22H26N2O4/c1-15(21(25)23-13-16-5-7-17(8-6-16)22(26)27)24-11-3-4-18-12-20(28-2)10-9-19(18)14-24/h5-10,12,15H,3-4,11,13-14H2,1-2H3,(H,23,25)(H,26,27). The van der Waals surface area contributed by atoms with Crippen molar-refractivity contribution in [2.75, 3.05) is 13.7 Å². The van der Waals surface area contributed by atoms with Gasteiger partial charge in [-0.25, -0.2) is 4.79 Å². The number of hydrogen-bond acceptors (Lipinski definition) is 4. The normalized spacial score (nSPS) is 15.2. The van der Waals surface area contributed by atoms with Gasteiger partial charge in [0.2, 0.25) is 5.91 Å². The van der Waals surface area contributed by atoms with E-state index in [1.54, 1.807) is 31.4 Å². The molecule has 0 fully saturated rings. The number of ether oxygens (including phenoxy) is 1. The number of nitrogens with zero attached hydrogens (tertiary/aromatic N) is 1. The summed E-state index contributed by atoms with van der Waals surface area (Å²) >= 11 is 0. The first-order valence-corrected chi connectivity index (χ1v) is 9.47. The summed E-state index contributed by atoms with van der Waals surface area (Å²) in [5, 5.41) is 11.9. The average Bonchev–Trinajstić information content (AvgIpc) is 2.93. The van der Waals surface area contributed by atoms with Crippen molar-refractivity contribution in [3.05, 3.63) is 64.7 Å². The van der Waals surface area contributed by atoms with Crippen LogP contribution in [-0.2, 0) is 24.3 Å². The van der Waals surface area contributed by atoms with Gasteiger partial charge in [-0.2, -0.15) is 0 Å². The van der Waals surface area contributed by atoms with Gasteiger partial charge < -0.3 is 15.2 Å². The summed E-state index contributed by atoms with van der Waals surface area (Å²) in [7, 11) is 1.67. The maximum Gasteiger partial charge on any atom is 0.335 e. The number of amides is 1. The van der Waals surface area contributed by atoms with Crippen molar-refractivity contribution in [3.8, 4) is 5.75 Å². The molecule has 0 bridgehead atoms. The summed E-state index contributed by atoms with van der Waals surface area (Å²) in [6.07, 6.45) is 1.97. The molecule has 0 spiro atoms. The highest BCUT2D eigenvalue weighted by molar-refractivity contribution is 5.87. The Hall–Kier alpha value is -2.86. The van der Waals surface area contributed by atoms with E-state index in [0.29, 0.717) is 6.54 Å². The van der Waals surface area contributed by atoms with Crippen LogP contribution in [0.15, 0.2) is 42.5 Å². The predicted molar refractivity (Wildman–Crippen MR) is 106 cm³/mol. The van der Waals surface area contributed by atoms with Crippen LogP contribution >= 0.6 is 0 Å². The molecule has 0 saturated carbocycles. The summed E-state index contributed by atoms with van der Waals surface area (Å²) in [5.41, 5.74) is 3.64. The minimum absolute atomic E-state index is 0.0285. The number of carboxylic acids is 1. The van der Waals surface area contributed by atoms with Gasteiger partial charge in [0.05, 0.1) is 18.7 Å². The molecular weight excluding hydrogens is 356 g/mol. The van der Waals surface area contributed by atoms with E-state index in [9.17, 15) is 9.59 Å². The molecule has 6 heteroatoms. The van der Waals surface area contributed by atoms with Crippen LogP contribution in [0.2, 0.25) is 0 Å². The lowest BCUT2D eigenvalue weighted by atomic mass is 10.0. The van der Waals surface area contributed by atoms with Gasteiger partial charge in [0.1, 0.15) is 5.75 Å². The summed E-state index contributed by atoms with van der Waals surface area (Å²) < 4.78 is 5.32. The lowest BCUT2D eigenvalue weighted by Crippen LogP contribution is -2.44. The molecule has 2 aromatic rings. The molecule has 2 N–H and O–H groups in total. The Morgan fingerprint density at radius 2 is 1.93 bits per heavy atom. The highest BCUT2D eigenvalue weighted by atomic mass is 16.5. The molecule has 0 radical (unpaired) electrons. The van der Waals surface area contributed by atoms with E-state index < -0.39 is 5.97 Å². The van der Waals surface area contributed by atoms with E-state index in [1.807, 2.05) is 13.0 Å². The maximum absolute atomic E-state index is 12.6. The maximum atomic E-state index is 12.6. The van der Waals surface area contributed by atoms with Crippen LogP contribution < -0.4 is 10.1 Å². The van der Waals surface area contributed by atoms with Gasteiger partial charge in [-0.15, -0.1) is 0 Å². The summed E-state index contributed by atoms with van der Waals surface area (Å²) in [6, 6.07) is 12.4. The number of hydrogen-bond donors (Lipinski definition) is 2. The molecular formula is C22H26N2O4. The fraction of sp³-hybridized carbons (Fsp3) is 0.364. The fourth-order valence-electron chi connectivity index (χ4n) is 3.49. The Labute approximate surface area is 165 Å². The molecule has 1 aliphatic heterocycles. The van der Waals surface area contributed by atoms with Crippen LogP contribution in [0.25, 0.3) is 0 Å². The topological polar surface area (TPSA) is 78.9 Å². The van der Waals surface area contributed by atoms with Crippen molar-refractivity contribution >= 4 is 11.9 Å². The second kappa shape index (κ2) is 8.89. The van der Waals surface area contributed by atoms with Crippen molar-refractivity contribution in [2.24, 2.45) is 0 Å². The van der Waals surface area contributed by atoms with Gasteiger partial charge in [0.25, 0.3) is 0 Å².